The fraction of sp³-hybridized carbons (Fsp3) is 0.286. The molecule has 0 radical (unpaired) electrons. The molecule has 1 atom stereocenters. The van der Waals surface area contributed by atoms with Crippen LogP contribution in [0, 0.1) is 0 Å². The second kappa shape index (κ2) is 6.99. The highest BCUT2D eigenvalue weighted by Crippen LogP contribution is 2.49. The van der Waals surface area contributed by atoms with Crippen LogP contribution in [-0.2, 0) is 9.53 Å². The Hall–Kier alpha value is -3.35. The fourth-order valence-corrected chi connectivity index (χ4v) is 3.63. The maximum absolute atomic E-state index is 12.5. The first-order valence-electron chi connectivity index (χ1n) is 8.67. The summed E-state index contributed by atoms with van der Waals surface area (Å²) in [4.78, 5) is 12.5. The quantitative estimate of drug-likeness (QED) is 0.734. The van der Waals surface area contributed by atoms with E-state index in [0.29, 0.717) is 40.1 Å². The summed E-state index contributed by atoms with van der Waals surface area (Å²) < 4.78 is 32.9. The van der Waals surface area contributed by atoms with Gasteiger partial charge in [-0.05, 0) is 23.8 Å². The lowest BCUT2D eigenvalue weighted by atomic mass is 9.82. The third kappa shape index (κ3) is 2.70. The molecule has 0 amide bonds. The molecule has 28 heavy (non-hydrogen) atoms. The van der Waals surface area contributed by atoms with Crippen LogP contribution in [0.25, 0.3) is 0 Å². The van der Waals surface area contributed by atoms with E-state index >= 15 is 0 Å². The lowest BCUT2D eigenvalue weighted by Gasteiger charge is -2.27. The molecule has 0 fully saturated rings. The zero-order valence-electron chi connectivity index (χ0n) is 16.0. The zero-order chi connectivity index (χ0) is 19.8. The van der Waals surface area contributed by atoms with E-state index in [9.17, 15) is 4.79 Å². The van der Waals surface area contributed by atoms with Gasteiger partial charge in [-0.1, -0.05) is 6.07 Å². The van der Waals surface area contributed by atoms with Crippen molar-refractivity contribution in [1.82, 2.24) is 0 Å². The molecule has 2 aromatic rings. The largest absolute Gasteiger partial charge is 0.497 e. The molecule has 0 saturated carbocycles. The van der Waals surface area contributed by atoms with E-state index in [4.69, 9.17) is 28.4 Å². The average Bonchev–Trinajstić information content (AvgIpc) is 3.10. The predicted octanol–water partition coefficient (Wildman–Crippen LogP) is 3.06. The van der Waals surface area contributed by atoms with Crippen molar-refractivity contribution < 1.29 is 33.2 Å². The van der Waals surface area contributed by atoms with Crippen LogP contribution in [0.3, 0.4) is 0 Å². The summed E-state index contributed by atoms with van der Waals surface area (Å²) in [7, 11) is 6.25. The van der Waals surface area contributed by atoms with E-state index < -0.39 is 11.9 Å². The third-order valence-corrected chi connectivity index (χ3v) is 4.93. The predicted molar refractivity (Wildman–Crippen MR) is 99.5 cm³/mol. The molecule has 0 aliphatic carbocycles. The molecule has 146 valence electrons. The molecule has 7 nitrogen and oxygen atoms in total. The van der Waals surface area contributed by atoms with E-state index in [2.05, 4.69) is 0 Å². The maximum atomic E-state index is 12.5. The molecule has 0 aromatic heterocycles. The first-order chi connectivity index (χ1) is 13.6. The van der Waals surface area contributed by atoms with Crippen LogP contribution >= 0.6 is 0 Å². The molecular weight excluding hydrogens is 364 g/mol. The molecular formula is C21H20O7. The van der Waals surface area contributed by atoms with Gasteiger partial charge in [0.2, 0.25) is 5.75 Å². The van der Waals surface area contributed by atoms with Crippen molar-refractivity contribution in [2.75, 3.05) is 35.0 Å². The second-order valence-electron chi connectivity index (χ2n) is 6.31. The lowest BCUT2D eigenvalue weighted by molar-refractivity contribution is -0.136. The van der Waals surface area contributed by atoms with Gasteiger partial charge in [-0.3, -0.25) is 0 Å². The lowest BCUT2D eigenvalue weighted by Crippen LogP contribution is -2.18. The number of carbonyl (C=O) groups excluding carboxylic acids is 1. The van der Waals surface area contributed by atoms with Crippen LogP contribution in [0.2, 0.25) is 0 Å². The van der Waals surface area contributed by atoms with Crippen LogP contribution < -0.4 is 23.7 Å². The highest BCUT2D eigenvalue weighted by Gasteiger charge is 2.40. The minimum Gasteiger partial charge on any atom is -0.497 e. The van der Waals surface area contributed by atoms with Crippen LogP contribution in [-0.4, -0.2) is 41.0 Å². The summed E-state index contributed by atoms with van der Waals surface area (Å²) in [6, 6.07) is 9.19. The average molecular weight is 384 g/mol. The SMILES string of the molecule is COc1ccc2c(c1)OC1=C(C(=O)OC1)[C@@H]2c1cc(OC)c(OC)c(OC)c1. The molecule has 0 saturated heterocycles. The third-order valence-electron chi connectivity index (χ3n) is 4.93. The number of carbonyl (C=O) groups is 1. The Bertz CT molecular complexity index is 952. The van der Waals surface area contributed by atoms with Crippen molar-refractivity contribution in [3.8, 4) is 28.7 Å². The molecule has 0 bridgehead atoms. The number of ether oxygens (including phenoxy) is 6. The summed E-state index contributed by atoms with van der Waals surface area (Å²) in [6.07, 6.45) is 0. The summed E-state index contributed by atoms with van der Waals surface area (Å²) in [5.74, 6) is 2.50. The summed E-state index contributed by atoms with van der Waals surface area (Å²) in [5.41, 5.74) is 2.11. The fourth-order valence-electron chi connectivity index (χ4n) is 3.63. The van der Waals surface area contributed by atoms with Gasteiger partial charge < -0.3 is 28.4 Å². The summed E-state index contributed by atoms with van der Waals surface area (Å²) >= 11 is 0. The standard InChI is InChI=1S/C21H20O7/c1-23-12-5-6-13-14(9-12)28-17-10-27-21(22)19(17)18(13)11-7-15(24-2)20(26-4)16(8-11)25-3/h5-9,18H,10H2,1-4H3/t18-/m1/s1. The van der Waals surface area contributed by atoms with Crippen LogP contribution in [0.15, 0.2) is 41.7 Å². The Labute approximate surface area is 162 Å². The van der Waals surface area contributed by atoms with E-state index in [0.717, 1.165) is 11.1 Å². The Morgan fingerprint density at radius 2 is 1.64 bits per heavy atom. The van der Waals surface area contributed by atoms with Crippen molar-refractivity contribution in [2.24, 2.45) is 0 Å². The number of esters is 1. The molecule has 4 rings (SSSR count). The topological polar surface area (TPSA) is 72.5 Å². The number of cyclic esters (lactones) is 1. The summed E-state index contributed by atoms with van der Waals surface area (Å²) in [5, 5.41) is 0. The number of hydrogen-bond acceptors (Lipinski definition) is 7. The number of rotatable bonds is 5. The van der Waals surface area contributed by atoms with Crippen molar-refractivity contribution >= 4 is 5.97 Å². The number of hydrogen-bond donors (Lipinski definition) is 0. The van der Waals surface area contributed by atoms with Crippen molar-refractivity contribution in [2.45, 2.75) is 5.92 Å². The molecule has 0 spiro atoms. The van der Waals surface area contributed by atoms with E-state index in [-0.39, 0.29) is 6.61 Å². The van der Waals surface area contributed by atoms with Crippen LogP contribution in [0.5, 0.6) is 28.7 Å². The minimum atomic E-state index is -0.395. The van der Waals surface area contributed by atoms with E-state index in [1.807, 2.05) is 24.3 Å². The minimum absolute atomic E-state index is 0.103. The smallest absolute Gasteiger partial charge is 0.339 e. The highest BCUT2D eigenvalue weighted by molar-refractivity contribution is 5.95. The molecule has 2 aliphatic rings. The number of methoxy groups -OCH3 is 4. The molecule has 2 aliphatic heterocycles. The first-order valence-corrected chi connectivity index (χ1v) is 8.67. The maximum Gasteiger partial charge on any atom is 0.339 e. The monoisotopic (exact) mass is 384 g/mol. The van der Waals surface area contributed by atoms with Crippen molar-refractivity contribution in [3.05, 3.63) is 52.8 Å². The van der Waals surface area contributed by atoms with Gasteiger partial charge in [-0.2, -0.15) is 0 Å². The normalized spacial score (nSPS) is 17.3. The van der Waals surface area contributed by atoms with Crippen molar-refractivity contribution in [1.29, 1.82) is 0 Å². The molecule has 7 heteroatoms. The molecule has 2 heterocycles. The first kappa shape index (κ1) is 18.0. The Morgan fingerprint density at radius 1 is 0.929 bits per heavy atom. The van der Waals surface area contributed by atoms with Gasteiger partial charge in [0.1, 0.15) is 18.1 Å². The Balaban J connectivity index is 1.94. The van der Waals surface area contributed by atoms with Gasteiger partial charge in [0, 0.05) is 17.5 Å². The van der Waals surface area contributed by atoms with E-state index in [1.165, 1.54) is 0 Å². The van der Waals surface area contributed by atoms with Gasteiger partial charge in [0.05, 0.1) is 34.0 Å². The highest BCUT2D eigenvalue weighted by atomic mass is 16.6. The Morgan fingerprint density at radius 3 is 2.25 bits per heavy atom. The Kier molecular flexibility index (Phi) is 4.50. The van der Waals surface area contributed by atoms with Crippen LogP contribution in [0.1, 0.15) is 17.0 Å². The second-order valence-corrected chi connectivity index (χ2v) is 6.31. The van der Waals surface area contributed by atoms with Gasteiger partial charge in [-0.25, -0.2) is 4.79 Å². The van der Waals surface area contributed by atoms with Crippen LogP contribution in [0.4, 0.5) is 0 Å². The van der Waals surface area contributed by atoms with Crippen molar-refractivity contribution in [3.63, 3.8) is 0 Å². The van der Waals surface area contributed by atoms with E-state index in [1.54, 1.807) is 34.5 Å². The molecule has 2 aromatic carbocycles. The van der Waals surface area contributed by atoms with Gasteiger partial charge in [0.25, 0.3) is 0 Å². The molecule has 0 N–H and O–H groups in total. The number of fused-ring (bicyclic) bond motifs is 1. The zero-order valence-corrected chi connectivity index (χ0v) is 16.0. The number of benzene rings is 2. The molecule has 0 unspecified atom stereocenters. The van der Waals surface area contributed by atoms with Gasteiger partial charge in [0.15, 0.2) is 17.3 Å². The van der Waals surface area contributed by atoms with Gasteiger partial charge >= 0.3 is 5.97 Å². The summed E-state index contributed by atoms with van der Waals surface area (Å²) in [6.45, 7) is 0.103. The van der Waals surface area contributed by atoms with Gasteiger partial charge in [-0.15, -0.1) is 0 Å².